The third-order valence-corrected chi connectivity index (χ3v) is 4.55. The lowest BCUT2D eigenvalue weighted by Gasteiger charge is -2.24. The molecule has 2 heterocycles. The lowest BCUT2D eigenvalue weighted by molar-refractivity contribution is -0.124. The third-order valence-electron chi connectivity index (χ3n) is 4.55. The van der Waals surface area contributed by atoms with Gasteiger partial charge in [0.1, 0.15) is 0 Å². The molecule has 1 unspecified atom stereocenters. The summed E-state index contributed by atoms with van der Waals surface area (Å²) in [7, 11) is 0. The summed E-state index contributed by atoms with van der Waals surface area (Å²) in [6.07, 6.45) is 4.62. The Bertz CT molecular complexity index is 509. The molecule has 0 bridgehead atoms. The van der Waals surface area contributed by atoms with Crippen LogP contribution in [-0.2, 0) is 11.3 Å². The minimum absolute atomic E-state index is 0.0303. The minimum Gasteiger partial charge on any atom is -0.371 e. The summed E-state index contributed by atoms with van der Waals surface area (Å²) in [6, 6.07) is 6.64. The summed E-state index contributed by atoms with van der Waals surface area (Å²) in [6.45, 7) is 6.13. The first kappa shape index (κ1) is 14.4. The van der Waals surface area contributed by atoms with Crippen LogP contribution < -0.4 is 15.5 Å². The Kier molecular flexibility index (Phi) is 4.44. The summed E-state index contributed by atoms with van der Waals surface area (Å²) in [5.74, 6) is 0.145. The molecule has 3 rings (SSSR count). The van der Waals surface area contributed by atoms with Crippen LogP contribution in [0.15, 0.2) is 18.2 Å². The molecule has 2 N–H and O–H groups in total. The molecule has 0 radical (unpaired) electrons. The number of hydrogen-bond donors (Lipinski definition) is 2. The molecular weight excluding hydrogens is 262 g/mol. The molecule has 21 heavy (non-hydrogen) atoms. The number of hydrogen-bond acceptors (Lipinski definition) is 3. The molecule has 2 aliphatic heterocycles. The van der Waals surface area contributed by atoms with E-state index in [9.17, 15) is 4.79 Å². The van der Waals surface area contributed by atoms with E-state index in [1.165, 1.54) is 42.7 Å². The van der Waals surface area contributed by atoms with Crippen LogP contribution in [0.25, 0.3) is 0 Å². The zero-order valence-corrected chi connectivity index (χ0v) is 12.8. The Morgan fingerprint density at radius 1 is 1.29 bits per heavy atom. The predicted molar refractivity (Wildman–Crippen MR) is 85.5 cm³/mol. The van der Waals surface area contributed by atoms with E-state index in [1.54, 1.807) is 0 Å². The molecule has 0 spiro atoms. The second kappa shape index (κ2) is 6.48. The van der Waals surface area contributed by atoms with Gasteiger partial charge in [-0.1, -0.05) is 12.1 Å². The molecule has 2 aliphatic rings. The Labute approximate surface area is 126 Å². The first-order valence-electron chi connectivity index (χ1n) is 8.09. The fourth-order valence-electron chi connectivity index (χ4n) is 3.35. The maximum atomic E-state index is 11.7. The molecule has 1 aromatic rings. The van der Waals surface area contributed by atoms with Crippen LogP contribution in [0, 0.1) is 6.92 Å². The highest BCUT2D eigenvalue weighted by atomic mass is 16.2. The highest BCUT2D eigenvalue weighted by Gasteiger charge is 2.21. The van der Waals surface area contributed by atoms with Crippen LogP contribution in [0.3, 0.4) is 0 Å². The number of benzene rings is 1. The SMILES string of the molecule is Cc1cc(CNC2CCCNC2=O)ccc1N1CCCC1. The summed E-state index contributed by atoms with van der Waals surface area (Å²) >= 11 is 0. The van der Waals surface area contributed by atoms with E-state index in [4.69, 9.17) is 0 Å². The van der Waals surface area contributed by atoms with Crippen molar-refractivity contribution in [1.29, 1.82) is 0 Å². The van der Waals surface area contributed by atoms with Crippen molar-refractivity contribution in [2.45, 2.75) is 45.2 Å². The van der Waals surface area contributed by atoms with Gasteiger partial charge >= 0.3 is 0 Å². The summed E-state index contributed by atoms with van der Waals surface area (Å²) in [5.41, 5.74) is 3.96. The van der Waals surface area contributed by atoms with Crippen LogP contribution in [0.1, 0.15) is 36.8 Å². The van der Waals surface area contributed by atoms with Crippen molar-refractivity contribution in [2.75, 3.05) is 24.5 Å². The van der Waals surface area contributed by atoms with Gasteiger partial charge < -0.3 is 15.5 Å². The van der Waals surface area contributed by atoms with E-state index in [0.29, 0.717) is 0 Å². The van der Waals surface area contributed by atoms with E-state index in [1.807, 2.05) is 0 Å². The Balaban J connectivity index is 1.61. The van der Waals surface area contributed by atoms with Gasteiger partial charge in [-0.05, 0) is 49.8 Å². The number of nitrogens with one attached hydrogen (secondary N) is 2. The second-order valence-corrected chi connectivity index (χ2v) is 6.18. The number of amides is 1. The summed E-state index contributed by atoms with van der Waals surface area (Å²) in [4.78, 5) is 14.2. The van der Waals surface area contributed by atoms with Crippen molar-refractivity contribution in [2.24, 2.45) is 0 Å². The van der Waals surface area contributed by atoms with Crippen molar-refractivity contribution in [3.05, 3.63) is 29.3 Å². The van der Waals surface area contributed by atoms with Crippen LogP contribution in [0.2, 0.25) is 0 Å². The van der Waals surface area contributed by atoms with Gasteiger partial charge in [0.05, 0.1) is 6.04 Å². The molecule has 0 saturated carbocycles. The quantitative estimate of drug-likeness (QED) is 0.890. The largest absolute Gasteiger partial charge is 0.371 e. The maximum absolute atomic E-state index is 11.7. The van der Waals surface area contributed by atoms with Gasteiger partial charge in [0.2, 0.25) is 5.91 Å². The molecule has 114 valence electrons. The monoisotopic (exact) mass is 287 g/mol. The van der Waals surface area contributed by atoms with Crippen LogP contribution in [0.4, 0.5) is 5.69 Å². The molecule has 4 nitrogen and oxygen atoms in total. The number of nitrogens with zero attached hydrogens (tertiary/aromatic N) is 1. The number of carbonyl (C=O) groups excluding carboxylic acids is 1. The Morgan fingerprint density at radius 2 is 2.10 bits per heavy atom. The van der Waals surface area contributed by atoms with Gasteiger partial charge in [0, 0.05) is 31.9 Å². The standard InChI is InChI=1S/C17H25N3O/c1-13-11-14(6-7-16(13)20-9-2-3-10-20)12-19-15-5-4-8-18-17(15)21/h6-7,11,15,19H,2-5,8-10,12H2,1H3,(H,18,21). The van der Waals surface area contributed by atoms with E-state index in [2.05, 4.69) is 40.7 Å². The lowest BCUT2D eigenvalue weighted by atomic mass is 10.1. The zero-order chi connectivity index (χ0) is 14.7. The van der Waals surface area contributed by atoms with Gasteiger partial charge in [0.15, 0.2) is 0 Å². The highest BCUT2D eigenvalue weighted by molar-refractivity contribution is 5.82. The van der Waals surface area contributed by atoms with Crippen molar-refractivity contribution in [3.63, 3.8) is 0 Å². The van der Waals surface area contributed by atoms with Gasteiger partial charge in [-0.25, -0.2) is 0 Å². The van der Waals surface area contributed by atoms with Crippen molar-refractivity contribution in [3.8, 4) is 0 Å². The molecule has 0 aliphatic carbocycles. The Morgan fingerprint density at radius 3 is 2.81 bits per heavy atom. The van der Waals surface area contributed by atoms with E-state index >= 15 is 0 Å². The molecule has 1 atom stereocenters. The molecular formula is C17H25N3O. The number of rotatable bonds is 4. The fourth-order valence-corrected chi connectivity index (χ4v) is 3.35. The molecule has 0 aromatic heterocycles. The Hall–Kier alpha value is -1.55. The average Bonchev–Trinajstić information content (AvgIpc) is 3.00. The summed E-state index contributed by atoms with van der Waals surface area (Å²) in [5, 5.41) is 6.30. The maximum Gasteiger partial charge on any atom is 0.237 e. The first-order valence-corrected chi connectivity index (χ1v) is 8.09. The van der Waals surface area contributed by atoms with E-state index in [0.717, 1.165) is 25.9 Å². The summed E-state index contributed by atoms with van der Waals surface area (Å²) < 4.78 is 0. The molecule has 1 amide bonds. The topological polar surface area (TPSA) is 44.4 Å². The fraction of sp³-hybridized carbons (Fsp3) is 0.588. The number of carbonyl (C=O) groups is 1. The third kappa shape index (κ3) is 3.38. The van der Waals surface area contributed by atoms with Gasteiger partial charge in [-0.3, -0.25) is 4.79 Å². The number of aryl methyl sites for hydroxylation is 1. The normalized spacial score (nSPS) is 22.4. The van der Waals surface area contributed by atoms with Crippen molar-refractivity contribution >= 4 is 11.6 Å². The second-order valence-electron chi connectivity index (χ2n) is 6.18. The zero-order valence-electron chi connectivity index (χ0n) is 12.8. The number of piperidine rings is 1. The van der Waals surface area contributed by atoms with E-state index < -0.39 is 0 Å². The van der Waals surface area contributed by atoms with Crippen molar-refractivity contribution < 1.29 is 4.79 Å². The molecule has 4 heteroatoms. The van der Waals surface area contributed by atoms with Gasteiger partial charge in [0.25, 0.3) is 0 Å². The van der Waals surface area contributed by atoms with E-state index in [-0.39, 0.29) is 11.9 Å². The highest BCUT2D eigenvalue weighted by Crippen LogP contribution is 2.25. The van der Waals surface area contributed by atoms with Crippen LogP contribution in [-0.4, -0.2) is 31.6 Å². The molecule has 1 aromatic carbocycles. The van der Waals surface area contributed by atoms with Gasteiger partial charge in [-0.2, -0.15) is 0 Å². The van der Waals surface area contributed by atoms with Crippen LogP contribution in [0.5, 0.6) is 0 Å². The van der Waals surface area contributed by atoms with Gasteiger partial charge in [-0.15, -0.1) is 0 Å². The predicted octanol–water partition coefficient (Wildman–Crippen LogP) is 1.96. The average molecular weight is 287 g/mol. The first-order chi connectivity index (χ1) is 10.2. The lowest BCUT2D eigenvalue weighted by Crippen LogP contribution is -2.47. The van der Waals surface area contributed by atoms with Crippen molar-refractivity contribution in [1.82, 2.24) is 10.6 Å². The molecule has 2 saturated heterocycles. The van der Waals surface area contributed by atoms with Crippen LogP contribution >= 0.6 is 0 Å². The number of anilines is 1. The molecule has 2 fully saturated rings. The minimum atomic E-state index is -0.0303. The smallest absolute Gasteiger partial charge is 0.237 e.